The number of aromatic nitrogens is 1. The first-order valence-corrected chi connectivity index (χ1v) is 10.8. The van der Waals surface area contributed by atoms with Crippen LogP contribution in [-0.4, -0.2) is 58.4 Å². The second-order valence-electron chi connectivity index (χ2n) is 8.58. The number of ketones is 2. The summed E-state index contributed by atoms with van der Waals surface area (Å²) in [6.07, 6.45) is 0.138. The van der Waals surface area contributed by atoms with Gasteiger partial charge in [0.05, 0.1) is 23.3 Å². The third kappa shape index (κ3) is 3.38. The minimum atomic E-state index is -0.676. The van der Waals surface area contributed by atoms with Gasteiger partial charge in [0.1, 0.15) is 17.2 Å². The minimum Gasteiger partial charge on any atom is -0.507 e. The Morgan fingerprint density at radius 1 is 1.18 bits per heavy atom. The SMILES string of the molecule is CN[C@@H]1C[C@H](Oc2cc(C)cc3cnc4c(c23)C(=O)c2cccc(O)c2C4=O)O[C@H](C)[C@@H]1O. The van der Waals surface area contributed by atoms with Gasteiger partial charge in [0.15, 0.2) is 5.78 Å². The number of aromatic hydroxyl groups is 1. The average molecular weight is 448 g/mol. The smallest absolute Gasteiger partial charge is 0.216 e. The van der Waals surface area contributed by atoms with Crippen molar-refractivity contribution in [3.63, 3.8) is 0 Å². The minimum absolute atomic E-state index is 0.0170. The van der Waals surface area contributed by atoms with E-state index in [-0.39, 0.29) is 34.2 Å². The highest BCUT2D eigenvalue weighted by atomic mass is 16.7. The van der Waals surface area contributed by atoms with E-state index in [1.54, 1.807) is 20.0 Å². The third-order valence-electron chi connectivity index (χ3n) is 6.39. The fourth-order valence-corrected chi connectivity index (χ4v) is 4.73. The van der Waals surface area contributed by atoms with Crippen molar-refractivity contribution in [2.24, 2.45) is 0 Å². The van der Waals surface area contributed by atoms with Crippen LogP contribution in [0.2, 0.25) is 0 Å². The number of aryl methyl sites for hydroxylation is 1. The second kappa shape index (κ2) is 7.91. The van der Waals surface area contributed by atoms with Gasteiger partial charge in [-0.15, -0.1) is 0 Å². The zero-order chi connectivity index (χ0) is 23.4. The Balaban J connectivity index is 1.66. The monoisotopic (exact) mass is 448 g/mol. The van der Waals surface area contributed by atoms with Crippen molar-refractivity contribution in [3.05, 3.63) is 64.5 Å². The summed E-state index contributed by atoms with van der Waals surface area (Å²) in [5, 5.41) is 24.8. The maximum absolute atomic E-state index is 13.5. The number of aliphatic hydroxyl groups is 1. The first kappa shape index (κ1) is 21.5. The van der Waals surface area contributed by atoms with Crippen LogP contribution in [0.3, 0.4) is 0 Å². The predicted octanol–water partition coefficient (Wildman–Crippen LogP) is 2.49. The summed E-state index contributed by atoms with van der Waals surface area (Å²) in [6, 6.07) is 7.88. The Labute approximate surface area is 190 Å². The number of nitrogens with one attached hydrogen (secondary N) is 1. The van der Waals surface area contributed by atoms with Crippen molar-refractivity contribution in [2.45, 2.75) is 44.8 Å². The van der Waals surface area contributed by atoms with Gasteiger partial charge in [0.25, 0.3) is 0 Å². The Kier molecular flexibility index (Phi) is 5.16. The standard InChI is InChI=1S/C25H24N2O6/c1-11-7-13-10-27-22-21(24(30)14-5-4-6-16(28)20(14)25(22)31)19(13)17(8-11)33-18-9-15(26-3)23(29)12(2)32-18/h4-8,10,12,15,18,23,26,28-29H,9H2,1-3H3/t12-,15-,18+,23+/m1/s1. The van der Waals surface area contributed by atoms with Gasteiger partial charge in [-0.1, -0.05) is 12.1 Å². The Bertz CT molecular complexity index is 1300. The van der Waals surface area contributed by atoms with E-state index in [0.29, 0.717) is 22.9 Å². The van der Waals surface area contributed by atoms with Crippen molar-refractivity contribution in [2.75, 3.05) is 7.05 Å². The summed E-state index contributed by atoms with van der Waals surface area (Å²) in [5.74, 6) is -0.757. The third-order valence-corrected chi connectivity index (χ3v) is 6.39. The van der Waals surface area contributed by atoms with Crippen molar-refractivity contribution in [3.8, 4) is 11.5 Å². The first-order valence-electron chi connectivity index (χ1n) is 10.8. The molecule has 2 aromatic carbocycles. The lowest BCUT2D eigenvalue weighted by molar-refractivity contribution is -0.189. The van der Waals surface area contributed by atoms with E-state index in [2.05, 4.69) is 10.3 Å². The van der Waals surface area contributed by atoms with Crippen LogP contribution < -0.4 is 10.1 Å². The molecule has 0 unspecified atom stereocenters. The molecule has 1 aliphatic carbocycles. The summed E-state index contributed by atoms with van der Waals surface area (Å²) in [5.41, 5.74) is 1.12. The van der Waals surface area contributed by atoms with Crippen molar-refractivity contribution < 1.29 is 29.3 Å². The fourth-order valence-electron chi connectivity index (χ4n) is 4.73. The van der Waals surface area contributed by atoms with E-state index >= 15 is 0 Å². The van der Waals surface area contributed by atoms with Crippen molar-refractivity contribution in [1.82, 2.24) is 10.3 Å². The van der Waals surface area contributed by atoms with Crippen LogP contribution in [0.1, 0.15) is 50.9 Å². The van der Waals surface area contributed by atoms with E-state index in [1.807, 2.05) is 13.0 Å². The summed E-state index contributed by atoms with van der Waals surface area (Å²) in [7, 11) is 1.77. The van der Waals surface area contributed by atoms with Gasteiger partial charge in [0.2, 0.25) is 12.1 Å². The lowest BCUT2D eigenvalue weighted by atomic mass is 9.84. The molecular weight excluding hydrogens is 424 g/mol. The number of benzene rings is 2. The highest BCUT2D eigenvalue weighted by Crippen LogP contribution is 2.39. The zero-order valence-corrected chi connectivity index (χ0v) is 18.5. The molecule has 1 saturated heterocycles. The number of aliphatic hydroxyl groups excluding tert-OH is 1. The van der Waals surface area contributed by atoms with Crippen LogP contribution in [0.4, 0.5) is 0 Å². The molecule has 2 heterocycles. The molecule has 0 bridgehead atoms. The molecule has 8 heteroatoms. The molecule has 0 saturated carbocycles. The Morgan fingerprint density at radius 2 is 1.97 bits per heavy atom. The highest BCUT2D eigenvalue weighted by Gasteiger charge is 2.38. The number of hydrogen-bond donors (Lipinski definition) is 3. The summed E-state index contributed by atoms with van der Waals surface area (Å²) in [6.45, 7) is 3.67. The number of phenolic OH excluding ortho intramolecular Hbond substituents is 1. The van der Waals surface area contributed by atoms with Crippen molar-refractivity contribution in [1.29, 1.82) is 0 Å². The molecule has 0 radical (unpaired) electrons. The lowest BCUT2D eigenvalue weighted by Gasteiger charge is -2.37. The number of likely N-dealkylation sites (N-methyl/N-ethyl adjacent to an activating group) is 1. The number of carbonyl (C=O) groups excluding carboxylic acids is 2. The number of nitrogens with zero attached hydrogens (tertiary/aromatic N) is 1. The summed E-state index contributed by atoms with van der Waals surface area (Å²) in [4.78, 5) is 31.0. The van der Waals surface area contributed by atoms with Gasteiger partial charge in [-0.05, 0) is 44.7 Å². The van der Waals surface area contributed by atoms with E-state index in [9.17, 15) is 19.8 Å². The van der Waals surface area contributed by atoms with Gasteiger partial charge in [-0.25, -0.2) is 0 Å². The van der Waals surface area contributed by atoms with Gasteiger partial charge in [-0.2, -0.15) is 0 Å². The molecule has 8 nitrogen and oxygen atoms in total. The summed E-state index contributed by atoms with van der Waals surface area (Å²) < 4.78 is 12.1. The second-order valence-corrected chi connectivity index (χ2v) is 8.58. The molecule has 3 N–H and O–H groups in total. The van der Waals surface area contributed by atoms with Crippen LogP contribution in [0.25, 0.3) is 10.8 Å². The average Bonchev–Trinajstić information content (AvgIpc) is 2.78. The Morgan fingerprint density at radius 3 is 2.73 bits per heavy atom. The maximum Gasteiger partial charge on any atom is 0.216 e. The van der Waals surface area contributed by atoms with Crippen LogP contribution in [0.15, 0.2) is 36.5 Å². The molecule has 170 valence electrons. The lowest BCUT2D eigenvalue weighted by Crippen LogP contribution is -2.53. The molecule has 2 aliphatic rings. The van der Waals surface area contributed by atoms with Crippen LogP contribution in [0, 0.1) is 6.92 Å². The number of hydrogen-bond acceptors (Lipinski definition) is 8. The van der Waals surface area contributed by atoms with Crippen LogP contribution in [0.5, 0.6) is 11.5 Å². The molecule has 1 fully saturated rings. The highest BCUT2D eigenvalue weighted by molar-refractivity contribution is 6.32. The number of carbonyl (C=O) groups is 2. The molecule has 33 heavy (non-hydrogen) atoms. The molecule has 1 aliphatic heterocycles. The van der Waals surface area contributed by atoms with E-state index in [1.165, 1.54) is 24.4 Å². The molecule has 5 rings (SSSR count). The number of pyridine rings is 1. The topological polar surface area (TPSA) is 118 Å². The van der Waals surface area contributed by atoms with E-state index < -0.39 is 30.1 Å². The number of ether oxygens (including phenoxy) is 2. The zero-order valence-electron chi connectivity index (χ0n) is 18.5. The van der Waals surface area contributed by atoms with Crippen LogP contribution >= 0.6 is 0 Å². The molecule has 0 spiro atoms. The molecular formula is C25H24N2O6. The van der Waals surface area contributed by atoms with Crippen LogP contribution in [-0.2, 0) is 4.74 Å². The largest absolute Gasteiger partial charge is 0.507 e. The molecule has 1 aromatic heterocycles. The number of rotatable bonds is 3. The normalized spacial score (nSPS) is 24.5. The molecule has 3 aromatic rings. The quantitative estimate of drug-likeness (QED) is 0.438. The van der Waals surface area contributed by atoms with E-state index in [4.69, 9.17) is 9.47 Å². The van der Waals surface area contributed by atoms with Gasteiger partial charge in [0, 0.05) is 35.0 Å². The van der Waals surface area contributed by atoms with Gasteiger partial charge in [-0.3, -0.25) is 14.6 Å². The van der Waals surface area contributed by atoms with E-state index in [0.717, 1.165) is 5.56 Å². The molecule has 0 amide bonds. The number of phenols is 1. The predicted molar refractivity (Wildman–Crippen MR) is 120 cm³/mol. The van der Waals surface area contributed by atoms with Gasteiger partial charge >= 0.3 is 0 Å². The van der Waals surface area contributed by atoms with Gasteiger partial charge < -0.3 is 25.0 Å². The van der Waals surface area contributed by atoms with Crippen molar-refractivity contribution >= 4 is 22.3 Å². The maximum atomic E-state index is 13.5. The molecule has 4 atom stereocenters. The first-order chi connectivity index (χ1) is 15.8. The number of fused-ring (bicyclic) bond motifs is 4. The Hall–Kier alpha value is -3.33. The summed E-state index contributed by atoms with van der Waals surface area (Å²) >= 11 is 0. The fraction of sp³-hybridized carbons (Fsp3) is 0.320.